The first-order valence-corrected chi connectivity index (χ1v) is 5.66. The lowest BCUT2D eigenvalue weighted by Crippen LogP contribution is -2.38. The van der Waals surface area contributed by atoms with Crippen LogP contribution in [0, 0.1) is 5.92 Å². The van der Waals surface area contributed by atoms with Gasteiger partial charge in [0.15, 0.2) is 0 Å². The number of nitrogens with zero attached hydrogens (tertiary/aromatic N) is 1. The second-order valence-electron chi connectivity index (χ2n) is 3.23. The van der Waals surface area contributed by atoms with Crippen LogP contribution in [0.15, 0.2) is 0 Å². The average Bonchev–Trinajstić information content (AvgIpc) is 2.31. The van der Waals surface area contributed by atoms with Crippen LogP contribution in [0.25, 0.3) is 0 Å². The number of thiocarbonyl (C=S) groups is 1. The zero-order valence-electron chi connectivity index (χ0n) is 6.78. The van der Waals surface area contributed by atoms with E-state index in [1.54, 1.807) is 16.7 Å². The molecule has 0 bridgehead atoms. The summed E-state index contributed by atoms with van der Waals surface area (Å²) < 4.78 is 0.784. The van der Waals surface area contributed by atoms with Gasteiger partial charge < -0.3 is 0 Å². The predicted octanol–water partition coefficient (Wildman–Crippen LogP) is 1.65. The van der Waals surface area contributed by atoms with Crippen LogP contribution >= 0.6 is 24.0 Å². The molecular formula is C8H11NOS2. The molecule has 66 valence electrons. The van der Waals surface area contributed by atoms with Gasteiger partial charge in [0.25, 0.3) is 0 Å². The lowest BCUT2D eigenvalue weighted by molar-refractivity contribution is -0.133. The average molecular weight is 201 g/mol. The lowest BCUT2D eigenvalue weighted by Gasteiger charge is -2.28. The van der Waals surface area contributed by atoms with E-state index in [0.29, 0.717) is 5.92 Å². The van der Waals surface area contributed by atoms with Crippen molar-refractivity contribution < 1.29 is 4.79 Å². The lowest BCUT2D eigenvalue weighted by atomic mass is 9.84. The topological polar surface area (TPSA) is 20.3 Å². The molecule has 0 N–H and O–H groups in total. The fourth-order valence-electron chi connectivity index (χ4n) is 1.47. The van der Waals surface area contributed by atoms with Gasteiger partial charge in [0.2, 0.25) is 5.91 Å². The molecule has 0 aromatic carbocycles. The molecule has 1 amide bonds. The van der Waals surface area contributed by atoms with Crippen LogP contribution in [0.2, 0.25) is 0 Å². The van der Waals surface area contributed by atoms with Gasteiger partial charge in [0.05, 0.1) is 0 Å². The van der Waals surface area contributed by atoms with Gasteiger partial charge in [-0.3, -0.25) is 9.69 Å². The normalized spacial score (nSPS) is 24.3. The molecule has 1 aliphatic carbocycles. The summed E-state index contributed by atoms with van der Waals surface area (Å²) in [6, 6.07) is 0. The Morgan fingerprint density at radius 1 is 1.58 bits per heavy atom. The van der Waals surface area contributed by atoms with Gasteiger partial charge in [-0.05, 0) is 12.8 Å². The summed E-state index contributed by atoms with van der Waals surface area (Å²) >= 11 is 6.70. The molecule has 0 spiro atoms. The molecule has 12 heavy (non-hydrogen) atoms. The van der Waals surface area contributed by atoms with Gasteiger partial charge in [-0.15, -0.1) is 0 Å². The number of carbonyl (C=O) groups excluding carboxylic acids is 1. The van der Waals surface area contributed by atoms with E-state index in [1.807, 2.05) is 0 Å². The smallest absolute Gasteiger partial charge is 0.231 e. The van der Waals surface area contributed by atoms with Gasteiger partial charge >= 0.3 is 0 Å². The first kappa shape index (κ1) is 8.51. The van der Waals surface area contributed by atoms with Crippen LogP contribution in [0.3, 0.4) is 0 Å². The quantitative estimate of drug-likeness (QED) is 0.602. The molecule has 2 fully saturated rings. The summed E-state index contributed by atoms with van der Waals surface area (Å²) in [6.07, 6.45) is 3.36. The molecule has 4 heteroatoms. The monoisotopic (exact) mass is 201 g/mol. The molecule has 0 radical (unpaired) electrons. The summed E-state index contributed by atoms with van der Waals surface area (Å²) in [5.41, 5.74) is 0. The van der Waals surface area contributed by atoms with E-state index >= 15 is 0 Å². The van der Waals surface area contributed by atoms with Gasteiger partial charge in [-0.2, -0.15) is 0 Å². The Hall–Kier alpha value is -0.0900. The number of amides is 1. The fourth-order valence-corrected chi connectivity index (χ4v) is 2.69. The molecule has 2 nitrogen and oxygen atoms in total. The van der Waals surface area contributed by atoms with Crippen molar-refractivity contribution in [3.05, 3.63) is 0 Å². The van der Waals surface area contributed by atoms with Crippen molar-refractivity contribution in [3.63, 3.8) is 0 Å². The maximum Gasteiger partial charge on any atom is 0.231 e. The van der Waals surface area contributed by atoms with Crippen molar-refractivity contribution in [2.45, 2.75) is 19.3 Å². The number of thioether (sulfide) groups is 1. The van der Waals surface area contributed by atoms with E-state index in [2.05, 4.69) is 0 Å². The van der Waals surface area contributed by atoms with Crippen LogP contribution in [0.4, 0.5) is 0 Å². The minimum atomic E-state index is 0.274. The highest BCUT2D eigenvalue weighted by atomic mass is 32.2. The van der Waals surface area contributed by atoms with Crippen LogP contribution < -0.4 is 0 Å². The maximum atomic E-state index is 11.7. The third-order valence-electron chi connectivity index (χ3n) is 2.48. The molecule has 0 aromatic rings. The summed E-state index contributed by atoms with van der Waals surface area (Å²) in [7, 11) is 0. The van der Waals surface area contributed by atoms with Crippen LogP contribution in [0.1, 0.15) is 19.3 Å². The van der Waals surface area contributed by atoms with Crippen LogP contribution in [-0.2, 0) is 4.79 Å². The van der Waals surface area contributed by atoms with Gasteiger partial charge in [0, 0.05) is 18.2 Å². The van der Waals surface area contributed by atoms with E-state index in [4.69, 9.17) is 12.2 Å². The number of rotatable bonds is 1. The first-order valence-electron chi connectivity index (χ1n) is 4.27. The highest BCUT2D eigenvalue weighted by Crippen LogP contribution is 2.30. The molecule has 1 heterocycles. The molecule has 1 saturated carbocycles. The Bertz CT molecular complexity index is 225. The standard InChI is InChI=1S/C8H11NOS2/c10-7(6-2-1-3-6)9-4-5-12-8(9)11/h6H,1-5H2. The molecule has 1 aliphatic heterocycles. The van der Waals surface area contributed by atoms with Crippen molar-refractivity contribution in [2.24, 2.45) is 5.92 Å². The molecule has 1 saturated heterocycles. The molecule has 0 unspecified atom stereocenters. The Labute approximate surface area is 81.7 Å². The Morgan fingerprint density at radius 3 is 2.75 bits per heavy atom. The zero-order valence-corrected chi connectivity index (χ0v) is 8.42. The van der Waals surface area contributed by atoms with E-state index in [-0.39, 0.29) is 5.91 Å². The molecule has 0 aromatic heterocycles. The number of hydrogen-bond acceptors (Lipinski definition) is 3. The summed E-state index contributed by atoms with van der Waals surface area (Å²) in [6.45, 7) is 0.832. The summed E-state index contributed by atoms with van der Waals surface area (Å²) in [5, 5.41) is 0. The van der Waals surface area contributed by atoms with E-state index in [1.165, 1.54) is 6.42 Å². The Balaban J connectivity index is 1.98. The first-order chi connectivity index (χ1) is 5.79. The molecule has 2 rings (SSSR count). The summed E-state index contributed by atoms with van der Waals surface area (Å²) in [4.78, 5) is 13.4. The Morgan fingerprint density at radius 2 is 2.33 bits per heavy atom. The van der Waals surface area contributed by atoms with Gasteiger partial charge in [0.1, 0.15) is 4.32 Å². The van der Waals surface area contributed by atoms with E-state index < -0.39 is 0 Å². The minimum Gasteiger partial charge on any atom is -0.297 e. The third kappa shape index (κ3) is 1.38. The van der Waals surface area contributed by atoms with Crippen molar-refractivity contribution in [1.82, 2.24) is 4.90 Å². The second-order valence-corrected chi connectivity index (χ2v) is 4.96. The fraction of sp³-hybridized carbons (Fsp3) is 0.750. The molecule has 2 aliphatic rings. The second kappa shape index (κ2) is 3.34. The largest absolute Gasteiger partial charge is 0.297 e. The van der Waals surface area contributed by atoms with Crippen LogP contribution in [-0.4, -0.2) is 27.4 Å². The maximum absolute atomic E-state index is 11.7. The van der Waals surface area contributed by atoms with Crippen molar-refractivity contribution >= 4 is 34.2 Å². The van der Waals surface area contributed by atoms with Crippen molar-refractivity contribution in [2.75, 3.05) is 12.3 Å². The SMILES string of the molecule is O=C(C1CCC1)N1CCSC1=S. The number of hydrogen-bond donors (Lipinski definition) is 0. The predicted molar refractivity (Wildman–Crippen MR) is 54.1 cm³/mol. The van der Waals surface area contributed by atoms with Crippen LogP contribution in [0.5, 0.6) is 0 Å². The highest BCUT2D eigenvalue weighted by Gasteiger charge is 2.33. The van der Waals surface area contributed by atoms with Crippen molar-refractivity contribution in [1.29, 1.82) is 0 Å². The van der Waals surface area contributed by atoms with E-state index in [9.17, 15) is 4.79 Å². The zero-order chi connectivity index (χ0) is 8.55. The minimum absolute atomic E-state index is 0.274. The van der Waals surface area contributed by atoms with Crippen molar-refractivity contribution in [3.8, 4) is 0 Å². The molecule has 0 atom stereocenters. The third-order valence-corrected chi connectivity index (χ3v) is 3.91. The van der Waals surface area contributed by atoms with E-state index in [0.717, 1.165) is 29.5 Å². The number of carbonyl (C=O) groups is 1. The highest BCUT2D eigenvalue weighted by molar-refractivity contribution is 8.23. The molecular weight excluding hydrogens is 190 g/mol. The van der Waals surface area contributed by atoms with Gasteiger partial charge in [-0.1, -0.05) is 30.4 Å². The van der Waals surface area contributed by atoms with Gasteiger partial charge in [-0.25, -0.2) is 0 Å². The summed E-state index contributed by atoms with van der Waals surface area (Å²) in [5.74, 6) is 1.55. The Kier molecular flexibility index (Phi) is 2.37.